The van der Waals surface area contributed by atoms with Gasteiger partial charge in [-0.2, -0.15) is 0 Å². The molecule has 1 heterocycles. The number of ether oxygens (including phenoxy) is 2. The Morgan fingerprint density at radius 3 is 2.81 bits per heavy atom. The number of benzene rings is 1. The van der Waals surface area contributed by atoms with Gasteiger partial charge in [0.2, 0.25) is 0 Å². The highest BCUT2D eigenvalue weighted by Crippen LogP contribution is 2.36. The zero-order valence-electron chi connectivity index (χ0n) is 13.2. The van der Waals surface area contributed by atoms with Crippen molar-refractivity contribution in [2.24, 2.45) is 5.92 Å². The van der Waals surface area contributed by atoms with Gasteiger partial charge in [-0.3, -0.25) is 0 Å². The molecule has 1 fully saturated rings. The highest BCUT2D eigenvalue weighted by molar-refractivity contribution is 9.10. The van der Waals surface area contributed by atoms with E-state index in [-0.39, 0.29) is 0 Å². The van der Waals surface area contributed by atoms with Crippen LogP contribution in [0.4, 0.5) is 0 Å². The van der Waals surface area contributed by atoms with Gasteiger partial charge in [-0.1, -0.05) is 19.9 Å². The normalized spacial score (nSPS) is 23.2. The van der Waals surface area contributed by atoms with Gasteiger partial charge in [0.15, 0.2) is 0 Å². The van der Waals surface area contributed by atoms with Crippen molar-refractivity contribution in [3.05, 3.63) is 28.2 Å². The fourth-order valence-corrected chi connectivity index (χ4v) is 3.47. The van der Waals surface area contributed by atoms with Gasteiger partial charge in [0.05, 0.1) is 17.2 Å². The summed E-state index contributed by atoms with van der Waals surface area (Å²) in [6.07, 6.45) is 2.44. The van der Waals surface area contributed by atoms with Crippen molar-refractivity contribution in [1.29, 1.82) is 0 Å². The fourth-order valence-electron chi connectivity index (χ4n) is 2.96. The van der Waals surface area contributed by atoms with Gasteiger partial charge in [0, 0.05) is 18.6 Å². The Bertz CT molecular complexity index is 452. The largest absolute Gasteiger partial charge is 0.492 e. The quantitative estimate of drug-likeness (QED) is 0.790. The van der Waals surface area contributed by atoms with Crippen molar-refractivity contribution in [3.63, 3.8) is 0 Å². The van der Waals surface area contributed by atoms with Crippen LogP contribution in [0, 0.1) is 5.92 Å². The Kier molecular flexibility index (Phi) is 6.52. The average Bonchev–Trinajstić information content (AvgIpc) is 2.89. The molecule has 0 radical (unpaired) electrons. The van der Waals surface area contributed by atoms with Gasteiger partial charge in [0.1, 0.15) is 5.75 Å². The molecule has 0 saturated carbocycles. The molecule has 1 aliphatic rings. The number of halogens is 1. The van der Waals surface area contributed by atoms with Crippen LogP contribution in [-0.4, -0.2) is 25.9 Å². The summed E-state index contributed by atoms with van der Waals surface area (Å²) in [7, 11) is 0. The molecule has 1 saturated heterocycles. The number of rotatable bonds is 7. The number of nitrogens with one attached hydrogen (secondary N) is 1. The Labute approximate surface area is 136 Å². The van der Waals surface area contributed by atoms with Crippen LogP contribution < -0.4 is 10.1 Å². The lowest BCUT2D eigenvalue weighted by Crippen LogP contribution is -2.31. The molecule has 0 aromatic heterocycles. The minimum absolute atomic E-state index is 0.309. The first-order chi connectivity index (χ1) is 10.2. The summed E-state index contributed by atoms with van der Waals surface area (Å²) in [5.74, 6) is 1.45. The van der Waals surface area contributed by atoms with Crippen LogP contribution in [0.2, 0.25) is 0 Å². The molecule has 1 N–H and O–H groups in total. The molecule has 3 unspecified atom stereocenters. The lowest BCUT2D eigenvalue weighted by atomic mass is 9.88. The summed E-state index contributed by atoms with van der Waals surface area (Å²) in [4.78, 5) is 0. The summed E-state index contributed by atoms with van der Waals surface area (Å²) in [6.45, 7) is 9.02. The van der Waals surface area contributed by atoms with Crippen molar-refractivity contribution < 1.29 is 9.47 Å². The molecule has 1 aromatic rings. The second-order valence-electron chi connectivity index (χ2n) is 5.60. The van der Waals surface area contributed by atoms with Crippen LogP contribution >= 0.6 is 15.9 Å². The minimum Gasteiger partial charge on any atom is -0.492 e. The third kappa shape index (κ3) is 4.21. The predicted molar refractivity (Wildman–Crippen MR) is 89.9 cm³/mol. The number of hydrogen-bond acceptors (Lipinski definition) is 3. The van der Waals surface area contributed by atoms with Crippen molar-refractivity contribution in [1.82, 2.24) is 5.32 Å². The van der Waals surface area contributed by atoms with Crippen LogP contribution in [0.25, 0.3) is 0 Å². The Hall–Kier alpha value is -0.580. The zero-order chi connectivity index (χ0) is 15.2. The van der Waals surface area contributed by atoms with E-state index in [0.717, 1.165) is 42.8 Å². The molecular formula is C17H26BrNO2. The average molecular weight is 356 g/mol. The maximum absolute atomic E-state index is 5.74. The second kappa shape index (κ2) is 8.16. The first-order valence-electron chi connectivity index (χ1n) is 7.94. The maximum Gasteiger partial charge on any atom is 0.133 e. The predicted octanol–water partition coefficient (Wildman–Crippen LogP) is 4.31. The topological polar surface area (TPSA) is 30.5 Å². The molecule has 1 aromatic carbocycles. The molecule has 0 aliphatic carbocycles. The molecule has 0 amide bonds. The molecule has 3 nitrogen and oxygen atoms in total. The molecule has 1 aliphatic heterocycles. The lowest BCUT2D eigenvalue weighted by molar-refractivity contribution is 0.0955. The highest BCUT2D eigenvalue weighted by atomic mass is 79.9. The maximum atomic E-state index is 5.74. The fraction of sp³-hybridized carbons (Fsp3) is 0.647. The molecule has 118 valence electrons. The third-order valence-corrected chi connectivity index (χ3v) is 4.68. The summed E-state index contributed by atoms with van der Waals surface area (Å²) in [5, 5.41) is 3.62. The first-order valence-corrected chi connectivity index (χ1v) is 8.73. The van der Waals surface area contributed by atoms with Crippen LogP contribution in [0.5, 0.6) is 5.75 Å². The van der Waals surface area contributed by atoms with Crippen molar-refractivity contribution in [3.8, 4) is 5.75 Å². The molecular weight excluding hydrogens is 330 g/mol. The molecule has 0 bridgehead atoms. The van der Waals surface area contributed by atoms with Crippen molar-refractivity contribution >= 4 is 15.9 Å². The Morgan fingerprint density at radius 1 is 1.43 bits per heavy atom. The first kappa shape index (κ1) is 16.8. The van der Waals surface area contributed by atoms with Crippen molar-refractivity contribution in [2.75, 3.05) is 19.8 Å². The van der Waals surface area contributed by atoms with Gasteiger partial charge in [-0.05, 0) is 59.9 Å². The van der Waals surface area contributed by atoms with Gasteiger partial charge in [0.25, 0.3) is 0 Å². The zero-order valence-corrected chi connectivity index (χ0v) is 14.8. The third-order valence-electron chi connectivity index (χ3n) is 4.06. The summed E-state index contributed by atoms with van der Waals surface area (Å²) < 4.78 is 12.5. The van der Waals surface area contributed by atoms with Gasteiger partial charge in [-0.15, -0.1) is 0 Å². The molecule has 4 heteroatoms. The van der Waals surface area contributed by atoms with Crippen LogP contribution in [0.1, 0.15) is 45.2 Å². The highest BCUT2D eigenvalue weighted by Gasteiger charge is 2.32. The summed E-state index contributed by atoms with van der Waals surface area (Å²) >= 11 is 3.64. The van der Waals surface area contributed by atoms with E-state index >= 15 is 0 Å². The van der Waals surface area contributed by atoms with E-state index in [2.05, 4.69) is 60.2 Å². The van der Waals surface area contributed by atoms with Gasteiger partial charge >= 0.3 is 0 Å². The van der Waals surface area contributed by atoms with Gasteiger partial charge < -0.3 is 14.8 Å². The van der Waals surface area contributed by atoms with Crippen LogP contribution in [0.3, 0.4) is 0 Å². The SMILES string of the molecule is CCCOc1ccc(C(NCC)C2CCOC2C)cc1Br. The van der Waals surface area contributed by atoms with Crippen LogP contribution in [-0.2, 0) is 4.74 Å². The molecule has 21 heavy (non-hydrogen) atoms. The van der Waals surface area contributed by atoms with E-state index in [1.165, 1.54) is 5.56 Å². The smallest absolute Gasteiger partial charge is 0.133 e. The van der Waals surface area contributed by atoms with Gasteiger partial charge in [-0.25, -0.2) is 0 Å². The lowest BCUT2D eigenvalue weighted by Gasteiger charge is -2.27. The summed E-state index contributed by atoms with van der Waals surface area (Å²) in [5.41, 5.74) is 1.30. The van der Waals surface area contributed by atoms with E-state index in [1.54, 1.807) is 0 Å². The van der Waals surface area contributed by atoms with E-state index in [0.29, 0.717) is 18.1 Å². The Balaban J connectivity index is 2.18. The second-order valence-corrected chi connectivity index (χ2v) is 6.46. The monoisotopic (exact) mass is 355 g/mol. The molecule has 2 rings (SSSR count). The molecule has 0 spiro atoms. The number of hydrogen-bond donors (Lipinski definition) is 1. The molecule has 3 atom stereocenters. The van der Waals surface area contributed by atoms with E-state index < -0.39 is 0 Å². The van der Waals surface area contributed by atoms with Crippen molar-refractivity contribution in [2.45, 2.75) is 45.8 Å². The van der Waals surface area contributed by atoms with E-state index in [9.17, 15) is 0 Å². The summed E-state index contributed by atoms with van der Waals surface area (Å²) in [6, 6.07) is 6.77. The van der Waals surface area contributed by atoms with E-state index in [1.807, 2.05) is 0 Å². The standard InChI is InChI=1S/C17H26BrNO2/c1-4-9-21-16-7-6-13(11-15(16)18)17(19-5-2)14-8-10-20-12(14)3/h6-7,11-12,14,17,19H,4-5,8-10H2,1-3H3. The van der Waals surface area contributed by atoms with Crippen LogP contribution in [0.15, 0.2) is 22.7 Å². The minimum atomic E-state index is 0.309. The Morgan fingerprint density at radius 2 is 2.24 bits per heavy atom. The van der Waals surface area contributed by atoms with E-state index in [4.69, 9.17) is 9.47 Å².